The highest BCUT2D eigenvalue weighted by Crippen LogP contribution is 2.65. The Morgan fingerprint density at radius 2 is 2.06 bits per heavy atom. The maximum atomic E-state index is 11.8. The first-order valence-electron chi connectivity index (χ1n) is 6.82. The van der Waals surface area contributed by atoms with E-state index in [2.05, 4.69) is 26.1 Å². The molecule has 0 spiro atoms. The third-order valence-corrected chi connectivity index (χ3v) is 5.64. The number of hydrogen-bond donors (Lipinski definition) is 2. The van der Waals surface area contributed by atoms with Gasteiger partial charge in [-0.1, -0.05) is 20.8 Å². The predicted molar refractivity (Wildman–Crippen MR) is 76.7 cm³/mol. The smallest absolute Gasteiger partial charge is 0.221 e. The van der Waals surface area contributed by atoms with Gasteiger partial charge in [0.25, 0.3) is 0 Å². The molecule has 3 nitrogen and oxygen atoms in total. The maximum Gasteiger partial charge on any atom is 0.221 e. The molecule has 4 unspecified atom stereocenters. The lowest BCUT2D eigenvalue weighted by molar-refractivity contribution is -0.123. The fraction of sp³-hybridized carbons (Fsp3) is 0.929. The Labute approximate surface area is 117 Å². The van der Waals surface area contributed by atoms with Crippen LogP contribution in [0.4, 0.5) is 0 Å². The lowest BCUT2D eigenvalue weighted by atomic mass is 9.69. The molecule has 0 radical (unpaired) electrons. The molecule has 4 heteroatoms. The van der Waals surface area contributed by atoms with E-state index in [-0.39, 0.29) is 29.8 Å². The van der Waals surface area contributed by atoms with Crippen molar-refractivity contribution >= 4 is 18.3 Å². The average molecular weight is 275 g/mol. The van der Waals surface area contributed by atoms with Gasteiger partial charge in [0.05, 0.1) is 0 Å². The summed E-state index contributed by atoms with van der Waals surface area (Å²) in [4.78, 5) is 11.8. The van der Waals surface area contributed by atoms with Crippen molar-refractivity contribution in [3.63, 3.8) is 0 Å². The normalized spacial score (nSPS) is 38.1. The second kappa shape index (κ2) is 5.01. The molecule has 2 bridgehead atoms. The molecular weight excluding hydrogens is 248 g/mol. The summed E-state index contributed by atoms with van der Waals surface area (Å²) in [6.07, 6.45) is 4.16. The van der Waals surface area contributed by atoms with Gasteiger partial charge in [0, 0.05) is 18.5 Å². The van der Waals surface area contributed by atoms with Crippen LogP contribution < -0.4 is 11.1 Å². The molecule has 0 saturated heterocycles. The molecule has 106 valence electrons. The molecule has 2 aliphatic rings. The zero-order valence-corrected chi connectivity index (χ0v) is 12.8. The number of nitrogens with two attached hydrogens (primary N) is 1. The van der Waals surface area contributed by atoms with E-state index in [0.717, 1.165) is 12.3 Å². The standard InChI is InChI=1S/C14H26N2O.ClH/c1-9(15)7-12(17)16-11-8-10-5-6-14(11,4)13(10,2)3;/h9-11H,5-8,15H2,1-4H3,(H,16,17);1H. The molecule has 2 saturated carbocycles. The first kappa shape index (κ1) is 15.8. The van der Waals surface area contributed by atoms with Crippen molar-refractivity contribution in [3.05, 3.63) is 0 Å². The minimum Gasteiger partial charge on any atom is -0.353 e. The summed E-state index contributed by atoms with van der Waals surface area (Å²) in [7, 11) is 0. The molecular formula is C14H27ClN2O. The highest BCUT2D eigenvalue weighted by Gasteiger charge is 2.61. The van der Waals surface area contributed by atoms with E-state index in [9.17, 15) is 4.79 Å². The van der Waals surface area contributed by atoms with E-state index in [1.807, 2.05) is 6.92 Å². The zero-order chi connectivity index (χ0) is 12.8. The van der Waals surface area contributed by atoms with E-state index in [0.29, 0.717) is 17.9 Å². The molecule has 0 aromatic carbocycles. The van der Waals surface area contributed by atoms with E-state index < -0.39 is 0 Å². The average Bonchev–Trinajstić information content (AvgIpc) is 2.49. The van der Waals surface area contributed by atoms with Crippen LogP contribution in [-0.4, -0.2) is 18.0 Å². The molecule has 1 amide bonds. The van der Waals surface area contributed by atoms with Gasteiger partial charge in [0.2, 0.25) is 5.91 Å². The number of carbonyl (C=O) groups excluding carboxylic acids is 1. The lowest BCUT2D eigenvalue weighted by Gasteiger charge is -2.39. The zero-order valence-electron chi connectivity index (χ0n) is 12.0. The number of amides is 1. The Morgan fingerprint density at radius 3 is 2.44 bits per heavy atom. The van der Waals surface area contributed by atoms with Gasteiger partial charge >= 0.3 is 0 Å². The topological polar surface area (TPSA) is 55.1 Å². The van der Waals surface area contributed by atoms with Crippen molar-refractivity contribution in [3.8, 4) is 0 Å². The summed E-state index contributed by atoms with van der Waals surface area (Å²) in [6, 6.07) is 0.303. The molecule has 3 N–H and O–H groups in total. The van der Waals surface area contributed by atoms with Gasteiger partial charge in [-0.15, -0.1) is 12.4 Å². The molecule has 2 rings (SSSR count). The fourth-order valence-electron chi connectivity index (χ4n) is 3.97. The number of nitrogens with one attached hydrogen (secondary N) is 1. The first-order valence-corrected chi connectivity index (χ1v) is 6.82. The van der Waals surface area contributed by atoms with Gasteiger partial charge in [-0.05, 0) is 42.9 Å². The minimum absolute atomic E-state index is 0. The van der Waals surface area contributed by atoms with Crippen LogP contribution in [0.15, 0.2) is 0 Å². The number of fused-ring (bicyclic) bond motifs is 2. The molecule has 0 heterocycles. The van der Waals surface area contributed by atoms with Crippen LogP contribution in [0.2, 0.25) is 0 Å². The van der Waals surface area contributed by atoms with Crippen LogP contribution in [0.25, 0.3) is 0 Å². The SMILES string of the molecule is CC(N)CC(=O)NC1CC2CCC1(C)C2(C)C.Cl. The molecule has 18 heavy (non-hydrogen) atoms. The van der Waals surface area contributed by atoms with Crippen LogP contribution in [-0.2, 0) is 4.79 Å². The molecule has 4 atom stereocenters. The Hall–Kier alpha value is -0.280. The summed E-state index contributed by atoms with van der Waals surface area (Å²) in [5.74, 6) is 0.891. The molecule has 2 aliphatic carbocycles. The van der Waals surface area contributed by atoms with Crippen LogP contribution in [0.5, 0.6) is 0 Å². The molecule has 0 aliphatic heterocycles. The fourth-order valence-corrected chi connectivity index (χ4v) is 3.97. The quantitative estimate of drug-likeness (QED) is 0.831. The van der Waals surface area contributed by atoms with E-state index in [1.165, 1.54) is 12.8 Å². The van der Waals surface area contributed by atoms with E-state index >= 15 is 0 Å². The van der Waals surface area contributed by atoms with Gasteiger partial charge < -0.3 is 11.1 Å². The third-order valence-electron chi connectivity index (χ3n) is 5.64. The molecule has 0 aromatic heterocycles. The summed E-state index contributed by atoms with van der Waals surface area (Å²) in [6.45, 7) is 8.95. The van der Waals surface area contributed by atoms with Gasteiger partial charge in [0.15, 0.2) is 0 Å². The van der Waals surface area contributed by atoms with Gasteiger partial charge in [-0.2, -0.15) is 0 Å². The van der Waals surface area contributed by atoms with Crippen LogP contribution >= 0.6 is 12.4 Å². The Balaban J connectivity index is 0.00000162. The highest BCUT2D eigenvalue weighted by atomic mass is 35.5. The minimum atomic E-state index is -0.0468. The number of halogens is 1. The predicted octanol–water partition coefficient (Wildman–Crippen LogP) is 2.48. The van der Waals surface area contributed by atoms with Crippen molar-refractivity contribution in [1.82, 2.24) is 5.32 Å². The molecule has 0 aromatic rings. The van der Waals surface area contributed by atoms with Gasteiger partial charge in [-0.3, -0.25) is 4.79 Å². The summed E-state index contributed by atoms with van der Waals surface area (Å²) in [5.41, 5.74) is 6.30. The van der Waals surface area contributed by atoms with E-state index in [4.69, 9.17) is 5.73 Å². The van der Waals surface area contributed by atoms with Crippen LogP contribution in [0.3, 0.4) is 0 Å². The van der Waals surface area contributed by atoms with Crippen molar-refractivity contribution in [2.45, 2.75) is 65.5 Å². The summed E-state index contributed by atoms with van der Waals surface area (Å²) in [5, 5.41) is 3.22. The van der Waals surface area contributed by atoms with Gasteiger partial charge in [-0.25, -0.2) is 0 Å². The first-order chi connectivity index (χ1) is 7.77. The third kappa shape index (κ3) is 2.27. The summed E-state index contributed by atoms with van der Waals surface area (Å²) < 4.78 is 0. The highest BCUT2D eigenvalue weighted by molar-refractivity contribution is 5.85. The maximum absolute atomic E-state index is 11.8. The Bertz CT molecular complexity index is 330. The second-order valence-electron chi connectivity index (χ2n) is 6.91. The number of carbonyl (C=O) groups is 1. The lowest BCUT2D eigenvalue weighted by Crippen LogP contribution is -2.47. The largest absolute Gasteiger partial charge is 0.353 e. The van der Waals surface area contributed by atoms with E-state index in [1.54, 1.807) is 0 Å². The number of rotatable bonds is 3. The van der Waals surface area contributed by atoms with Gasteiger partial charge in [0.1, 0.15) is 0 Å². The molecule has 2 fully saturated rings. The van der Waals surface area contributed by atoms with Crippen molar-refractivity contribution < 1.29 is 4.79 Å². The summed E-state index contributed by atoms with van der Waals surface area (Å²) >= 11 is 0. The van der Waals surface area contributed by atoms with Crippen LogP contribution in [0.1, 0.15) is 53.4 Å². The van der Waals surface area contributed by atoms with Crippen molar-refractivity contribution in [2.75, 3.05) is 0 Å². The Kier molecular flexibility index (Phi) is 4.39. The van der Waals surface area contributed by atoms with Crippen molar-refractivity contribution in [2.24, 2.45) is 22.5 Å². The van der Waals surface area contributed by atoms with Crippen LogP contribution in [0, 0.1) is 16.7 Å². The Morgan fingerprint density at radius 1 is 1.44 bits per heavy atom. The second-order valence-corrected chi connectivity index (χ2v) is 6.91. The number of hydrogen-bond acceptors (Lipinski definition) is 2. The van der Waals surface area contributed by atoms with Crippen molar-refractivity contribution in [1.29, 1.82) is 0 Å². The monoisotopic (exact) mass is 274 g/mol.